The van der Waals surface area contributed by atoms with E-state index in [4.69, 9.17) is 16.3 Å². The van der Waals surface area contributed by atoms with Gasteiger partial charge in [0.2, 0.25) is 0 Å². The first-order chi connectivity index (χ1) is 16.0. The third kappa shape index (κ3) is 4.15. The fraction of sp³-hybridized carbons (Fsp3) is 0.160. The minimum absolute atomic E-state index is 0.0848. The molecule has 166 valence electrons. The molecule has 0 bridgehead atoms. The number of nitrogens with one attached hydrogen (secondary N) is 1. The molecule has 4 aromatic rings. The lowest BCUT2D eigenvalue weighted by atomic mass is 9.98. The molecule has 2 aromatic heterocycles. The summed E-state index contributed by atoms with van der Waals surface area (Å²) < 4.78 is 7.25. The van der Waals surface area contributed by atoms with Gasteiger partial charge in [-0.3, -0.25) is 4.79 Å². The molecule has 8 heteroatoms. The first kappa shape index (κ1) is 21.0. The number of fused-ring (bicyclic) bond motifs is 4. The lowest BCUT2D eigenvalue weighted by molar-refractivity contribution is -0.137. The Balaban J connectivity index is 1.33. The zero-order valence-electron chi connectivity index (χ0n) is 17.4. The molecule has 0 saturated heterocycles. The normalized spacial score (nSPS) is 13.4. The van der Waals surface area contributed by atoms with Crippen LogP contribution in [-0.4, -0.2) is 33.2 Å². The molecule has 1 amide bonds. The second kappa shape index (κ2) is 8.60. The Morgan fingerprint density at radius 2 is 1.70 bits per heavy atom. The van der Waals surface area contributed by atoms with Crippen LogP contribution in [0.5, 0.6) is 0 Å². The van der Waals surface area contributed by atoms with Gasteiger partial charge in [0.15, 0.2) is 0 Å². The van der Waals surface area contributed by atoms with Crippen LogP contribution in [0.2, 0.25) is 5.02 Å². The maximum atomic E-state index is 12.7. The number of aromatic nitrogens is 2. The van der Waals surface area contributed by atoms with Crippen LogP contribution < -0.4 is 5.32 Å². The second-order valence-corrected chi connectivity index (χ2v) is 8.34. The number of hydrogen-bond donors (Lipinski definition) is 2. The number of amides is 1. The summed E-state index contributed by atoms with van der Waals surface area (Å²) in [6.45, 7) is 0.139. The Morgan fingerprint density at radius 3 is 2.36 bits per heavy atom. The molecular weight excluding hydrogens is 442 g/mol. The maximum absolute atomic E-state index is 12.7. The second-order valence-electron chi connectivity index (χ2n) is 7.90. The van der Waals surface area contributed by atoms with E-state index in [1.54, 1.807) is 28.9 Å². The van der Waals surface area contributed by atoms with Crippen molar-refractivity contribution >= 4 is 29.3 Å². The van der Waals surface area contributed by atoms with Crippen LogP contribution in [0.3, 0.4) is 0 Å². The van der Waals surface area contributed by atoms with E-state index in [-0.39, 0.29) is 18.9 Å². The summed E-state index contributed by atoms with van der Waals surface area (Å²) in [6, 6.07) is 18.7. The quantitative estimate of drug-likeness (QED) is 0.419. The molecule has 0 fully saturated rings. The van der Waals surface area contributed by atoms with Crippen LogP contribution in [0.4, 0.5) is 4.79 Å². The van der Waals surface area contributed by atoms with Crippen molar-refractivity contribution in [2.45, 2.75) is 18.4 Å². The Labute approximate surface area is 194 Å². The monoisotopic (exact) mass is 461 g/mol. The van der Waals surface area contributed by atoms with Crippen LogP contribution in [0.1, 0.15) is 35.2 Å². The molecule has 0 radical (unpaired) electrons. The predicted octanol–water partition coefficient (Wildman–Crippen LogP) is 5.04. The van der Waals surface area contributed by atoms with Gasteiger partial charge in [-0.05, 0) is 34.4 Å². The van der Waals surface area contributed by atoms with E-state index in [0.29, 0.717) is 16.4 Å². The smallest absolute Gasteiger partial charge is 0.407 e. The van der Waals surface area contributed by atoms with Crippen molar-refractivity contribution in [1.82, 2.24) is 14.7 Å². The number of nitrogens with zero attached hydrogens (tertiary/aromatic N) is 2. The van der Waals surface area contributed by atoms with Gasteiger partial charge in [-0.1, -0.05) is 60.1 Å². The number of alkyl carbamates (subject to hydrolysis) is 1. The molecule has 2 aromatic carbocycles. The van der Waals surface area contributed by atoms with Crippen molar-refractivity contribution in [3.05, 3.63) is 94.9 Å². The minimum atomic E-state index is -1.06. The van der Waals surface area contributed by atoms with Gasteiger partial charge in [0.25, 0.3) is 0 Å². The molecule has 1 aliphatic rings. The number of carbonyl (C=O) groups is 2. The SMILES string of the molecule is O=C(O)C[C@@H](NC(=O)OCC1c2ccccc2-c2ccccc21)c1cn2cc(Cl)ccc2n1. The predicted molar refractivity (Wildman–Crippen MR) is 123 cm³/mol. The molecule has 33 heavy (non-hydrogen) atoms. The number of carboxylic acid groups (broad SMARTS) is 1. The van der Waals surface area contributed by atoms with Crippen molar-refractivity contribution in [1.29, 1.82) is 0 Å². The molecule has 5 rings (SSSR count). The Bertz CT molecular complexity index is 1320. The molecule has 7 nitrogen and oxygen atoms in total. The number of hydrogen-bond acceptors (Lipinski definition) is 4. The van der Waals surface area contributed by atoms with Gasteiger partial charge in [-0.2, -0.15) is 0 Å². The Hall–Kier alpha value is -3.84. The molecule has 0 unspecified atom stereocenters. The molecule has 0 saturated carbocycles. The fourth-order valence-corrected chi connectivity index (χ4v) is 4.51. The average molecular weight is 462 g/mol. The number of aliphatic carboxylic acids is 1. The third-order valence-electron chi connectivity index (χ3n) is 5.81. The van der Waals surface area contributed by atoms with Crippen LogP contribution >= 0.6 is 11.6 Å². The lowest BCUT2D eigenvalue weighted by Gasteiger charge is -2.17. The number of halogens is 1. The highest BCUT2D eigenvalue weighted by atomic mass is 35.5. The number of ether oxygens (including phenoxy) is 1. The summed E-state index contributed by atoms with van der Waals surface area (Å²) >= 11 is 6.02. The lowest BCUT2D eigenvalue weighted by Crippen LogP contribution is -2.32. The number of rotatable bonds is 6. The van der Waals surface area contributed by atoms with Crippen molar-refractivity contribution in [3.63, 3.8) is 0 Å². The molecule has 1 aliphatic carbocycles. The Morgan fingerprint density at radius 1 is 1.03 bits per heavy atom. The highest BCUT2D eigenvalue weighted by Gasteiger charge is 2.29. The highest BCUT2D eigenvalue weighted by molar-refractivity contribution is 6.30. The van der Waals surface area contributed by atoms with Crippen molar-refractivity contribution < 1.29 is 19.4 Å². The molecule has 0 aliphatic heterocycles. The fourth-order valence-electron chi connectivity index (χ4n) is 4.34. The zero-order valence-corrected chi connectivity index (χ0v) is 18.2. The van der Waals surface area contributed by atoms with E-state index in [0.717, 1.165) is 22.3 Å². The summed E-state index contributed by atoms with van der Waals surface area (Å²) in [7, 11) is 0. The Kier molecular flexibility index (Phi) is 5.48. The molecule has 1 atom stereocenters. The summed E-state index contributed by atoms with van der Waals surface area (Å²) in [6.07, 6.45) is 2.29. The summed E-state index contributed by atoms with van der Waals surface area (Å²) in [4.78, 5) is 28.5. The summed E-state index contributed by atoms with van der Waals surface area (Å²) in [5.41, 5.74) is 5.48. The van der Waals surface area contributed by atoms with Gasteiger partial charge in [0, 0.05) is 18.3 Å². The first-order valence-electron chi connectivity index (χ1n) is 10.5. The van der Waals surface area contributed by atoms with Crippen LogP contribution in [0.15, 0.2) is 73.1 Å². The standard InChI is InChI=1S/C25H20ClN3O4/c26-15-9-10-23-27-22(13-29(23)12-15)21(11-24(30)31)28-25(32)33-14-20-18-7-3-1-5-16(18)17-6-2-4-8-19(17)20/h1-10,12-13,20-21H,11,14H2,(H,28,32)(H,30,31)/t21-/m1/s1. The van der Waals surface area contributed by atoms with Gasteiger partial charge in [-0.25, -0.2) is 9.78 Å². The number of benzene rings is 2. The molecular formula is C25H20ClN3O4. The maximum Gasteiger partial charge on any atom is 0.407 e. The van der Waals surface area contributed by atoms with E-state index in [1.807, 2.05) is 36.4 Å². The average Bonchev–Trinajstić information content (AvgIpc) is 3.36. The minimum Gasteiger partial charge on any atom is -0.481 e. The molecule has 2 heterocycles. The van der Waals surface area contributed by atoms with Gasteiger partial charge >= 0.3 is 12.1 Å². The van der Waals surface area contributed by atoms with Gasteiger partial charge in [0.05, 0.1) is 23.2 Å². The summed E-state index contributed by atoms with van der Waals surface area (Å²) in [5.74, 6) is -1.15. The zero-order chi connectivity index (χ0) is 22.9. The highest BCUT2D eigenvalue weighted by Crippen LogP contribution is 2.44. The van der Waals surface area contributed by atoms with Gasteiger partial charge in [0.1, 0.15) is 12.3 Å². The first-order valence-corrected chi connectivity index (χ1v) is 10.8. The van der Waals surface area contributed by atoms with Crippen LogP contribution in [-0.2, 0) is 9.53 Å². The van der Waals surface area contributed by atoms with Crippen molar-refractivity contribution in [2.24, 2.45) is 0 Å². The van der Waals surface area contributed by atoms with E-state index in [9.17, 15) is 14.7 Å². The van der Waals surface area contributed by atoms with E-state index in [1.165, 1.54) is 0 Å². The van der Waals surface area contributed by atoms with E-state index < -0.39 is 18.1 Å². The molecule has 2 N–H and O–H groups in total. The van der Waals surface area contributed by atoms with Crippen molar-refractivity contribution in [2.75, 3.05) is 6.61 Å². The van der Waals surface area contributed by atoms with E-state index in [2.05, 4.69) is 22.4 Å². The number of pyridine rings is 1. The number of imidazole rings is 1. The number of carbonyl (C=O) groups excluding carboxylic acids is 1. The van der Waals surface area contributed by atoms with Crippen molar-refractivity contribution in [3.8, 4) is 11.1 Å². The van der Waals surface area contributed by atoms with Gasteiger partial charge in [-0.15, -0.1) is 0 Å². The largest absolute Gasteiger partial charge is 0.481 e. The van der Waals surface area contributed by atoms with E-state index >= 15 is 0 Å². The third-order valence-corrected chi connectivity index (χ3v) is 6.03. The van der Waals surface area contributed by atoms with Gasteiger partial charge < -0.3 is 19.6 Å². The van der Waals surface area contributed by atoms with Crippen LogP contribution in [0, 0.1) is 0 Å². The molecule has 0 spiro atoms. The topological polar surface area (TPSA) is 92.9 Å². The number of carboxylic acids is 1. The summed E-state index contributed by atoms with van der Waals surface area (Å²) in [5, 5.41) is 12.5. The van der Waals surface area contributed by atoms with Crippen LogP contribution in [0.25, 0.3) is 16.8 Å².